The van der Waals surface area contributed by atoms with Crippen molar-refractivity contribution in [3.8, 4) is 0 Å². The monoisotopic (exact) mass is 289 g/mol. The van der Waals surface area contributed by atoms with E-state index in [9.17, 15) is 9.59 Å². The van der Waals surface area contributed by atoms with Crippen LogP contribution in [0.5, 0.6) is 0 Å². The van der Waals surface area contributed by atoms with Crippen LogP contribution < -0.4 is 0 Å². The summed E-state index contributed by atoms with van der Waals surface area (Å²) in [6.07, 6.45) is 3.08. The summed E-state index contributed by atoms with van der Waals surface area (Å²) in [6, 6.07) is 10.2. The normalized spacial score (nSPS) is 25.9. The molecule has 4 heteroatoms. The van der Waals surface area contributed by atoms with Crippen LogP contribution in [-0.4, -0.2) is 34.8 Å². The van der Waals surface area contributed by atoms with Gasteiger partial charge in [0.15, 0.2) is 0 Å². The first kappa shape index (κ1) is 13.7. The van der Waals surface area contributed by atoms with Gasteiger partial charge in [0.05, 0.1) is 5.41 Å². The van der Waals surface area contributed by atoms with Crippen LogP contribution in [0.1, 0.15) is 24.8 Å². The van der Waals surface area contributed by atoms with Gasteiger partial charge < -0.3 is 0 Å². The highest BCUT2D eigenvalue weighted by Crippen LogP contribution is 2.44. The number of hydrogen-bond acceptors (Lipinski definition) is 3. The molecule has 2 fully saturated rings. The van der Waals surface area contributed by atoms with E-state index in [-0.39, 0.29) is 17.2 Å². The van der Waals surface area contributed by atoms with Gasteiger partial charge in [0, 0.05) is 18.7 Å². The Morgan fingerprint density at radius 1 is 1.20 bits per heavy atom. The van der Waals surface area contributed by atoms with Gasteiger partial charge in [-0.25, -0.2) is 0 Å². The largest absolute Gasteiger partial charge is 0.282 e. The van der Waals surface area contributed by atoms with Gasteiger partial charge in [0.25, 0.3) is 0 Å². The van der Waals surface area contributed by atoms with Crippen LogP contribution in [-0.2, 0) is 16.0 Å². The Bertz CT molecular complexity index is 508. The maximum absolute atomic E-state index is 12.5. The van der Waals surface area contributed by atoms with Crippen molar-refractivity contribution < 1.29 is 9.59 Å². The molecular formula is C16H19NO2S. The predicted octanol–water partition coefficient (Wildman–Crippen LogP) is 2.50. The van der Waals surface area contributed by atoms with E-state index in [1.807, 2.05) is 18.2 Å². The zero-order chi connectivity index (χ0) is 14.0. The molecule has 3 rings (SSSR count). The molecule has 0 saturated carbocycles. The van der Waals surface area contributed by atoms with Crippen molar-refractivity contribution in [2.75, 3.05) is 18.1 Å². The van der Waals surface area contributed by atoms with Crippen LogP contribution in [0.3, 0.4) is 0 Å². The third kappa shape index (κ3) is 2.49. The Labute approximate surface area is 123 Å². The molecule has 1 aromatic carbocycles. The maximum Gasteiger partial charge on any atom is 0.236 e. The van der Waals surface area contributed by atoms with E-state index in [4.69, 9.17) is 0 Å². The lowest BCUT2D eigenvalue weighted by molar-refractivity contribution is -0.141. The first-order valence-electron chi connectivity index (χ1n) is 7.18. The SMILES string of the molecule is O=C1C[C@@]2(CCSC2)C(=O)N1CCCc1ccccc1. The van der Waals surface area contributed by atoms with Gasteiger partial charge in [-0.2, -0.15) is 11.8 Å². The summed E-state index contributed by atoms with van der Waals surface area (Å²) >= 11 is 1.80. The summed E-state index contributed by atoms with van der Waals surface area (Å²) in [4.78, 5) is 26.1. The van der Waals surface area contributed by atoms with Crippen LogP contribution in [0.25, 0.3) is 0 Å². The quantitative estimate of drug-likeness (QED) is 0.799. The van der Waals surface area contributed by atoms with Crippen molar-refractivity contribution in [3.05, 3.63) is 35.9 Å². The van der Waals surface area contributed by atoms with Gasteiger partial charge in [0.2, 0.25) is 11.8 Å². The fourth-order valence-corrected chi connectivity index (χ4v) is 4.53. The van der Waals surface area contributed by atoms with Crippen LogP contribution in [0.15, 0.2) is 30.3 Å². The summed E-state index contributed by atoms with van der Waals surface area (Å²) in [6.45, 7) is 0.568. The Balaban J connectivity index is 1.58. The number of carbonyl (C=O) groups excluding carboxylic acids is 2. The molecule has 2 amide bonds. The van der Waals surface area contributed by atoms with Crippen LogP contribution in [0.2, 0.25) is 0 Å². The molecule has 2 heterocycles. The second-order valence-electron chi connectivity index (χ2n) is 5.70. The number of benzene rings is 1. The topological polar surface area (TPSA) is 37.4 Å². The molecule has 1 aromatic rings. The minimum atomic E-state index is -0.353. The highest BCUT2D eigenvalue weighted by molar-refractivity contribution is 7.99. The minimum Gasteiger partial charge on any atom is -0.282 e. The molecule has 20 heavy (non-hydrogen) atoms. The summed E-state index contributed by atoms with van der Waals surface area (Å²) < 4.78 is 0. The number of imide groups is 1. The molecule has 0 aromatic heterocycles. The van der Waals surface area contributed by atoms with E-state index >= 15 is 0 Å². The second kappa shape index (κ2) is 5.60. The number of hydrogen-bond donors (Lipinski definition) is 0. The molecule has 1 spiro atoms. The van der Waals surface area contributed by atoms with Gasteiger partial charge in [-0.1, -0.05) is 30.3 Å². The van der Waals surface area contributed by atoms with E-state index in [0.717, 1.165) is 30.8 Å². The molecule has 0 bridgehead atoms. The van der Waals surface area contributed by atoms with Crippen LogP contribution in [0, 0.1) is 5.41 Å². The van der Waals surface area contributed by atoms with E-state index in [0.29, 0.717) is 13.0 Å². The smallest absolute Gasteiger partial charge is 0.236 e. The fourth-order valence-electron chi connectivity index (χ4n) is 3.09. The van der Waals surface area contributed by atoms with Crippen molar-refractivity contribution in [1.29, 1.82) is 0 Å². The standard InChI is InChI=1S/C16H19NO2S/c18-14-11-16(8-10-20-12-16)15(19)17(14)9-4-7-13-5-2-1-3-6-13/h1-3,5-6H,4,7-12H2/t16-/m1/s1. The zero-order valence-electron chi connectivity index (χ0n) is 11.5. The van der Waals surface area contributed by atoms with Crippen molar-refractivity contribution >= 4 is 23.6 Å². The zero-order valence-corrected chi connectivity index (χ0v) is 12.3. The van der Waals surface area contributed by atoms with Crippen molar-refractivity contribution in [1.82, 2.24) is 4.90 Å². The van der Waals surface area contributed by atoms with Crippen molar-refractivity contribution in [2.45, 2.75) is 25.7 Å². The average molecular weight is 289 g/mol. The number of likely N-dealkylation sites (tertiary alicyclic amines) is 1. The lowest BCUT2D eigenvalue weighted by atomic mass is 9.86. The Kier molecular flexibility index (Phi) is 3.83. The minimum absolute atomic E-state index is 0.0329. The number of aryl methyl sites for hydroxylation is 1. The summed E-state index contributed by atoms with van der Waals surface area (Å²) in [7, 11) is 0. The molecule has 0 aliphatic carbocycles. The number of rotatable bonds is 4. The lowest BCUT2D eigenvalue weighted by Gasteiger charge is -2.20. The van der Waals surface area contributed by atoms with Gasteiger partial charge in [-0.3, -0.25) is 14.5 Å². The first-order valence-corrected chi connectivity index (χ1v) is 8.33. The second-order valence-corrected chi connectivity index (χ2v) is 6.80. The van der Waals surface area contributed by atoms with Gasteiger partial charge in [-0.15, -0.1) is 0 Å². The molecule has 2 aliphatic heterocycles. The third-order valence-electron chi connectivity index (χ3n) is 4.28. The molecular weight excluding hydrogens is 270 g/mol. The van der Waals surface area contributed by atoms with E-state index in [1.54, 1.807) is 11.8 Å². The highest BCUT2D eigenvalue weighted by atomic mass is 32.2. The molecule has 0 N–H and O–H groups in total. The Hall–Kier alpha value is -1.29. The van der Waals surface area contributed by atoms with Crippen LogP contribution >= 0.6 is 11.8 Å². The molecule has 1 atom stereocenters. The molecule has 3 nitrogen and oxygen atoms in total. The Morgan fingerprint density at radius 3 is 2.70 bits per heavy atom. The maximum atomic E-state index is 12.5. The van der Waals surface area contributed by atoms with Gasteiger partial charge in [0.1, 0.15) is 0 Å². The van der Waals surface area contributed by atoms with Gasteiger partial charge >= 0.3 is 0 Å². The molecule has 2 aliphatic rings. The molecule has 106 valence electrons. The Morgan fingerprint density at radius 2 is 2.00 bits per heavy atom. The number of nitrogens with zero attached hydrogens (tertiary/aromatic N) is 1. The summed E-state index contributed by atoms with van der Waals surface area (Å²) in [5.41, 5.74) is 0.909. The van der Waals surface area contributed by atoms with E-state index in [1.165, 1.54) is 10.5 Å². The third-order valence-corrected chi connectivity index (χ3v) is 5.53. The summed E-state index contributed by atoms with van der Waals surface area (Å²) in [5.74, 6) is 1.95. The summed E-state index contributed by atoms with van der Waals surface area (Å²) in [5, 5.41) is 0. The fraction of sp³-hybridized carbons (Fsp3) is 0.500. The van der Waals surface area contributed by atoms with Crippen molar-refractivity contribution in [2.24, 2.45) is 5.41 Å². The number of amides is 2. The van der Waals surface area contributed by atoms with E-state index in [2.05, 4.69) is 12.1 Å². The number of thioether (sulfide) groups is 1. The van der Waals surface area contributed by atoms with E-state index < -0.39 is 0 Å². The molecule has 0 unspecified atom stereocenters. The number of carbonyl (C=O) groups is 2. The molecule has 2 saturated heterocycles. The van der Waals surface area contributed by atoms with Crippen molar-refractivity contribution in [3.63, 3.8) is 0 Å². The van der Waals surface area contributed by atoms with Gasteiger partial charge in [-0.05, 0) is 30.6 Å². The first-order chi connectivity index (χ1) is 9.71. The average Bonchev–Trinajstić information content (AvgIpc) is 3.01. The lowest BCUT2D eigenvalue weighted by Crippen LogP contribution is -2.36. The predicted molar refractivity (Wildman–Crippen MR) is 80.5 cm³/mol. The molecule has 0 radical (unpaired) electrons. The highest BCUT2D eigenvalue weighted by Gasteiger charge is 2.52. The van der Waals surface area contributed by atoms with Crippen LogP contribution in [0.4, 0.5) is 0 Å².